The quantitative estimate of drug-likeness (QED) is 0.661. The fourth-order valence-corrected chi connectivity index (χ4v) is 7.57. The Hall–Kier alpha value is -1.41. The van der Waals surface area contributed by atoms with Crippen LogP contribution in [-0.2, 0) is 0 Å². The average molecular weight is 265 g/mol. The highest BCUT2D eigenvalue weighted by molar-refractivity contribution is 6.98. The van der Waals surface area contributed by atoms with E-state index in [1.165, 1.54) is 28.1 Å². The van der Waals surface area contributed by atoms with Gasteiger partial charge in [-0.3, -0.25) is 4.99 Å². The summed E-state index contributed by atoms with van der Waals surface area (Å²) in [6.07, 6.45) is 10.1. The molecule has 0 unspecified atom stereocenters. The Bertz CT molecular complexity index is 691. The first-order valence-corrected chi connectivity index (χ1v) is 10.2. The predicted molar refractivity (Wildman–Crippen MR) is 83.7 cm³/mol. The smallest absolute Gasteiger partial charge is 0.117 e. The summed E-state index contributed by atoms with van der Waals surface area (Å²) >= 11 is 0. The summed E-state index contributed by atoms with van der Waals surface area (Å²) in [6.45, 7) is 9.52. The van der Waals surface area contributed by atoms with Crippen LogP contribution in [0.2, 0.25) is 13.1 Å². The molecule has 0 amide bonds. The van der Waals surface area contributed by atoms with Gasteiger partial charge in [0.05, 0.1) is 5.71 Å². The van der Waals surface area contributed by atoms with Crippen LogP contribution < -0.4 is 0 Å². The van der Waals surface area contributed by atoms with Crippen molar-refractivity contribution in [2.45, 2.75) is 33.4 Å². The van der Waals surface area contributed by atoms with Crippen LogP contribution in [0.4, 0.5) is 0 Å². The van der Waals surface area contributed by atoms with Gasteiger partial charge in [-0.1, -0.05) is 45.2 Å². The maximum absolute atomic E-state index is 4.94. The number of allylic oxidation sites excluding steroid dienone is 10. The van der Waals surface area contributed by atoms with Crippen molar-refractivity contribution in [1.29, 1.82) is 0 Å². The van der Waals surface area contributed by atoms with Gasteiger partial charge >= 0.3 is 0 Å². The monoisotopic (exact) mass is 265 g/mol. The summed E-state index contributed by atoms with van der Waals surface area (Å²) in [5.74, 6) is 0.554. The maximum Gasteiger partial charge on any atom is 0.117 e. The highest BCUT2D eigenvalue weighted by atomic mass is 28.3. The van der Waals surface area contributed by atoms with E-state index in [0.29, 0.717) is 5.92 Å². The minimum Gasteiger partial charge on any atom is -0.253 e. The van der Waals surface area contributed by atoms with Gasteiger partial charge in [0.1, 0.15) is 8.07 Å². The zero-order valence-electron chi connectivity index (χ0n) is 12.0. The summed E-state index contributed by atoms with van der Waals surface area (Å²) in [7, 11) is -1.42. The van der Waals surface area contributed by atoms with Crippen molar-refractivity contribution in [3.63, 3.8) is 0 Å². The van der Waals surface area contributed by atoms with Crippen molar-refractivity contribution in [2.75, 3.05) is 0 Å². The van der Waals surface area contributed by atoms with E-state index in [1.807, 2.05) is 0 Å². The second-order valence-corrected chi connectivity index (χ2v) is 10.9. The minimum absolute atomic E-state index is 0.554. The van der Waals surface area contributed by atoms with Gasteiger partial charge in [0, 0.05) is 11.3 Å². The van der Waals surface area contributed by atoms with Crippen LogP contribution in [0.25, 0.3) is 0 Å². The van der Waals surface area contributed by atoms with Crippen LogP contribution in [0.5, 0.6) is 0 Å². The van der Waals surface area contributed by atoms with E-state index in [0.717, 1.165) is 6.42 Å². The van der Waals surface area contributed by atoms with Crippen molar-refractivity contribution >= 4 is 13.8 Å². The molecule has 0 radical (unpaired) electrons. The highest BCUT2D eigenvalue weighted by Gasteiger charge is 2.54. The van der Waals surface area contributed by atoms with Gasteiger partial charge in [0.15, 0.2) is 0 Å². The van der Waals surface area contributed by atoms with E-state index in [9.17, 15) is 0 Å². The van der Waals surface area contributed by atoms with E-state index in [1.54, 1.807) is 10.4 Å². The fraction of sp³-hybridized carbons (Fsp3) is 0.353. The number of hydrogen-bond donors (Lipinski definition) is 0. The van der Waals surface area contributed by atoms with E-state index in [-0.39, 0.29) is 0 Å². The number of rotatable bonds is 2. The van der Waals surface area contributed by atoms with Crippen LogP contribution in [0.1, 0.15) is 20.3 Å². The molecule has 2 heteroatoms. The molecule has 2 aliphatic carbocycles. The first kappa shape index (κ1) is 11.4. The van der Waals surface area contributed by atoms with Gasteiger partial charge < -0.3 is 0 Å². The Labute approximate surface area is 115 Å². The van der Waals surface area contributed by atoms with Crippen molar-refractivity contribution < 1.29 is 0 Å². The van der Waals surface area contributed by atoms with Crippen LogP contribution in [0, 0.1) is 5.92 Å². The van der Waals surface area contributed by atoms with Gasteiger partial charge in [0.2, 0.25) is 0 Å². The maximum atomic E-state index is 4.94. The Morgan fingerprint density at radius 1 is 1.21 bits per heavy atom. The lowest BCUT2D eigenvalue weighted by Gasteiger charge is -2.40. The molecule has 96 valence electrons. The summed E-state index contributed by atoms with van der Waals surface area (Å²) in [6, 6.07) is 0. The molecule has 0 fully saturated rings. The fourth-order valence-electron chi connectivity index (χ4n) is 3.86. The Kier molecular flexibility index (Phi) is 2.02. The van der Waals surface area contributed by atoms with Crippen molar-refractivity contribution in [1.82, 2.24) is 0 Å². The van der Waals surface area contributed by atoms with Crippen LogP contribution >= 0.6 is 0 Å². The molecule has 4 aliphatic rings. The molecule has 2 heterocycles. The van der Waals surface area contributed by atoms with E-state index in [4.69, 9.17) is 4.99 Å². The molecule has 0 atom stereocenters. The molecule has 2 aliphatic heterocycles. The molecular weight excluding hydrogens is 246 g/mol. The van der Waals surface area contributed by atoms with Gasteiger partial charge in [-0.05, 0) is 40.0 Å². The molecule has 0 aromatic heterocycles. The lowest BCUT2D eigenvalue weighted by molar-refractivity contribution is 0.758. The van der Waals surface area contributed by atoms with Gasteiger partial charge in [-0.25, -0.2) is 0 Å². The molecular formula is C17H19NSi. The van der Waals surface area contributed by atoms with Crippen molar-refractivity contribution in [2.24, 2.45) is 10.9 Å². The topological polar surface area (TPSA) is 12.4 Å². The largest absolute Gasteiger partial charge is 0.253 e. The van der Waals surface area contributed by atoms with Crippen LogP contribution in [0.3, 0.4) is 0 Å². The number of aliphatic imine (C=N–C) groups is 1. The third-order valence-corrected chi connectivity index (χ3v) is 8.24. The molecule has 0 saturated carbocycles. The molecule has 0 spiro atoms. The molecule has 0 N–H and O–H groups in total. The molecule has 4 rings (SSSR count). The summed E-state index contributed by atoms with van der Waals surface area (Å²) in [5, 5.41) is 3.32. The second-order valence-electron chi connectivity index (χ2n) is 6.67. The first-order valence-electron chi connectivity index (χ1n) is 7.19. The normalized spacial score (nSPS) is 25.8. The van der Waals surface area contributed by atoms with E-state index >= 15 is 0 Å². The zero-order chi connectivity index (χ0) is 13.4. The summed E-state index contributed by atoms with van der Waals surface area (Å²) in [5.41, 5.74) is 7.14. The number of hydrogen-bond acceptors (Lipinski definition) is 1. The standard InChI is InChI=1S/C17H19NSi/c1-10(2)15-17-14-13(18-15)9-12(11-7-5-6-8-11)16(14)19(17,3)4/h5-7,9-10H,8H2,1-4H3. The molecule has 19 heavy (non-hydrogen) atoms. The Morgan fingerprint density at radius 2 is 2.00 bits per heavy atom. The third-order valence-electron chi connectivity index (χ3n) is 4.72. The van der Waals surface area contributed by atoms with Crippen molar-refractivity contribution in [3.8, 4) is 0 Å². The minimum atomic E-state index is -1.42. The average Bonchev–Trinajstić information content (AvgIpc) is 2.99. The molecule has 0 aromatic rings. The Balaban J connectivity index is 1.88. The molecule has 0 aromatic carbocycles. The highest BCUT2D eigenvalue weighted by Crippen LogP contribution is 2.57. The van der Waals surface area contributed by atoms with Gasteiger partial charge in [-0.15, -0.1) is 0 Å². The van der Waals surface area contributed by atoms with Gasteiger partial charge in [0.25, 0.3) is 0 Å². The van der Waals surface area contributed by atoms with Crippen LogP contribution in [0.15, 0.2) is 62.1 Å². The predicted octanol–water partition coefficient (Wildman–Crippen LogP) is 4.27. The third kappa shape index (κ3) is 1.23. The van der Waals surface area contributed by atoms with Crippen molar-refractivity contribution in [3.05, 3.63) is 57.1 Å². The number of nitrogens with zero attached hydrogens (tertiary/aromatic N) is 1. The summed E-state index contributed by atoms with van der Waals surface area (Å²) < 4.78 is 0. The molecule has 0 bridgehead atoms. The SMILES string of the molecule is CC(C)C1=C2C3=C(C(C4=CC=CC4)=CC3=N1)[Si]2(C)C. The Morgan fingerprint density at radius 3 is 2.63 bits per heavy atom. The lowest BCUT2D eigenvalue weighted by atomic mass is 10.0. The lowest BCUT2D eigenvalue weighted by Crippen LogP contribution is -2.43. The summed E-state index contributed by atoms with van der Waals surface area (Å²) in [4.78, 5) is 4.94. The van der Waals surface area contributed by atoms with Gasteiger partial charge in [-0.2, -0.15) is 0 Å². The molecule has 1 nitrogen and oxygen atoms in total. The van der Waals surface area contributed by atoms with E-state index in [2.05, 4.69) is 51.2 Å². The molecule has 0 saturated heterocycles. The first-order chi connectivity index (χ1) is 9.01. The zero-order valence-corrected chi connectivity index (χ0v) is 13.0. The second kappa shape index (κ2) is 3.37. The van der Waals surface area contributed by atoms with Crippen LogP contribution in [-0.4, -0.2) is 13.8 Å². The van der Waals surface area contributed by atoms with E-state index < -0.39 is 8.07 Å².